The predicted molar refractivity (Wildman–Crippen MR) is 84.8 cm³/mol. The lowest BCUT2D eigenvalue weighted by molar-refractivity contribution is -0.0603. The average molecular weight is 287 g/mol. The third-order valence-electron chi connectivity index (χ3n) is 6.43. The summed E-state index contributed by atoms with van der Waals surface area (Å²) in [4.78, 5) is 0. The van der Waals surface area contributed by atoms with Crippen LogP contribution in [0, 0.1) is 30.1 Å². The molecule has 4 fully saturated rings. The van der Waals surface area contributed by atoms with Crippen molar-refractivity contribution in [3.63, 3.8) is 0 Å². The van der Waals surface area contributed by atoms with Crippen LogP contribution in [0.1, 0.15) is 56.3 Å². The molecule has 1 atom stereocenters. The van der Waals surface area contributed by atoms with Crippen LogP contribution in [-0.2, 0) is 13.5 Å². The average Bonchev–Trinajstić information content (AvgIpc) is 2.64. The fourth-order valence-corrected chi connectivity index (χ4v) is 6.29. The van der Waals surface area contributed by atoms with Crippen LogP contribution < -0.4 is 5.73 Å². The number of hydrogen-bond acceptors (Lipinski definition) is 2. The van der Waals surface area contributed by atoms with Crippen molar-refractivity contribution in [2.45, 2.75) is 64.3 Å². The van der Waals surface area contributed by atoms with Crippen LogP contribution in [0.4, 0.5) is 0 Å². The van der Waals surface area contributed by atoms with E-state index in [1.807, 2.05) is 11.7 Å². The minimum Gasteiger partial charge on any atom is -0.327 e. The van der Waals surface area contributed by atoms with Crippen LogP contribution in [0.2, 0.25) is 0 Å². The van der Waals surface area contributed by atoms with Gasteiger partial charge in [-0.25, -0.2) is 0 Å². The fraction of sp³-hybridized carbons (Fsp3) is 0.833. The zero-order valence-electron chi connectivity index (χ0n) is 13.5. The van der Waals surface area contributed by atoms with Crippen LogP contribution in [0.3, 0.4) is 0 Å². The van der Waals surface area contributed by atoms with E-state index in [0.29, 0.717) is 11.5 Å². The summed E-state index contributed by atoms with van der Waals surface area (Å²) in [6.07, 6.45) is 11.2. The van der Waals surface area contributed by atoms with Crippen molar-refractivity contribution in [1.29, 1.82) is 0 Å². The SMILES string of the molecule is Cc1cc(CC(N)CC23CC4CC(CC(C4)C2)C3)n(C)n1. The van der Waals surface area contributed by atoms with Gasteiger partial charge in [0, 0.05) is 25.2 Å². The topological polar surface area (TPSA) is 43.8 Å². The molecule has 0 saturated heterocycles. The van der Waals surface area contributed by atoms with Gasteiger partial charge >= 0.3 is 0 Å². The number of nitrogens with two attached hydrogens (primary N) is 1. The van der Waals surface area contributed by atoms with Crippen molar-refractivity contribution in [1.82, 2.24) is 9.78 Å². The summed E-state index contributed by atoms with van der Waals surface area (Å²) >= 11 is 0. The lowest BCUT2D eigenvalue weighted by Gasteiger charge is -2.57. The maximum atomic E-state index is 6.56. The van der Waals surface area contributed by atoms with Gasteiger partial charge in [0.25, 0.3) is 0 Å². The molecule has 0 aromatic carbocycles. The molecular formula is C18H29N3. The summed E-state index contributed by atoms with van der Waals surface area (Å²) in [7, 11) is 2.04. The molecule has 3 heteroatoms. The van der Waals surface area contributed by atoms with Crippen LogP contribution in [0.15, 0.2) is 6.07 Å². The third kappa shape index (κ3) is 2.54. The van der Waals surface area contributed by atoms with Crippen molar-refractivity contribution in [2.24, 2.45) is 36.0 Å². The Labute approximate surface area is 128 Å². The normalized spacial score (nSPS) is 38.9. The van der Waals surface area contributed by atoms with E-state index in [1.54, 1.807) is 0 Å². The highest BCUT2D eigenvalue weighted by Crippen LogP contribution is 2.61. The Morgan fingerprint density at radius 2 is 1.81 bits per heavy atom. The van der Waals surface area contributed by atoms with Crippen LogP contribution in [0.5, 0.6) is 0 Å². The first-order valence-electron chi connectivity index (χ1n) is 8.76. The van der Waals surface area contributed by atoms with E-state index >= 15 is 0 Å². The molecule has 1 aromatic heterocycles. The molecule has 4 saturated carbocycles. The lowest BCUT2D eigenvalue weighted by atomic mass is 9.48. The Morgan fingerprint density at radius 3 is 2.29 bits per heavy atom. The van der Waals surface area contributed by atoms with Gasteiger partial charge in [-0.3, -0.25) is 4.68 Å². The fourth-order valence-electron chi connectivity index (χ4n) is 6.29. The zero-order valence-corrected chi connectivity index (χ0v) is 13.5. The molecule has 0 aliphatic heterocycles. The number of hydrogen-bond donors (Lipinski definition) is 1. The van der Waals surface area contributed by atoms with Gasteiger partial charge in [-0.15, -0.1) is 0 Å². The molecule has 1 unspecified atom stereocenters. The van der Waals surface area contributed by atoms with Gasteiger partial charge in [0.1, 0.15) is 0 Å². The summed E-state index contributed by atoms with van der Waals surface area (Å²) in [6.45, 7) is 2.06. The molecule has 3 nitrogen and oxygen atoms in total. The van der Waals surface area contributed by atoms with Gasteiger partial charge in [-0.05, 0) is 81.1 Å². The van der Waals surface area contributed by atoms with Gasteiger partial charge in [0.15, 0.2) is 0 Å². The molecule has 0 spiro atoms. The molecule has 116 valence electrons. The van der Waals surface area contributed by atoms with E-state index in [-0.39, 0.29) is 0 Å². The van der Waals surface area contributed by atoms with Crippen molar-refractivity contribution < 1.29 is 0 Å². The summed E-state index contributed by atoms with van der Waals surface area (Å²) in [5, 5.41) is 4.45. The standard InChI is InChI=1S/C18H29N3/c1-12-3-17(21(2)20-12)7-16(19)11-18-8-13-4-14(9-18)6-15(5-13)10-18/h3,13-16H,4-11,19H2,1-2H3. The van der Waals surface area contributed by atoms with E-state index in [4.69, 9.17) is 5.73 Å². The highest BCUT2D eigenvalue weighted by Gasteiger charge is 2.50. The van der Waals surface area contributed by atoms with Crippen LogP contribution in [0.25, 0.3) is 0 Å². The molecule has 0 amide bonds. The van der Waals surface area contributed by atoms with E-state index in [0.717, 1.165) is 29.9 Å². The minimum absolute atomic E-state index is 0.302. The maximum absolute atomic E-state index is 6.56. The highest BCUT2D eigenvalue weighted by atomic mass is 15.3. The van der Waals surface area contributed by atoms with Gasteiger partial charge in [0.05, 0.1) is 5.69 Å². The van der Waals surface area contributed by atoms with Crippen LogP contribution >= 0.6 is 0 Å². The van der Waals surface area contributed by atoms with Gasteiger partial charge < -0.3 is 5.73 Å². The highest BCUT2D eigenvalue weighted by molar-refractivity contribution is 5.11. The Balaban J connectivity index is 1.44. The first-order valence-corrected chi connectivity index (χ1v) is 8.76. The Hall–Kier alpha value is -0.830. The maximum Gasteiger partial charge on any atom is 0.0596 e. The largest absolute Gasteiger partial charge is 0.327 e. The molecule has 4 bridgehead atoms. The molecule has 1 aromatic rings. The number of nitrogens with zero attached hydrogens (tertiary/aromatic N) is 2. The van der Waals surface area contributed by atoms with E-state index in [9.17, 15) is 0 Å². The molecule has 2 N–H and O–H groups in total. The Kier molecular flexibility index (Phi) is 3.18. The molecule has 0 radical (unpaired) electrons. The quantitative estimate of drug-likeness (QED) is 0.924. The van der Waals surface area contributed by atoms with Crippen molar-refractivity contribution >= 4 is 0 Å². The number of aromatic nitrogens is 2. The molecule has 1 heterocycles. The summed E-state index contributed by atoms with van der Waals surface area (Å²) < 4.78 is 2.01. The first kappa shape index (κ1) is 13.8. The monoisotopic (exact) mass is 287 g/mol. The second kappa shape index (κ2) is 4.84. The van der Waals surface area contributed by atoms with Gasteiger partial charge in [-0.2, -0.15) is 5.10 Å². The second-order valence-corrected chi connectivity index (χ2v) is 8.49. The third-order valence-corrected chi connectivity index (χ3v) is 6.43. The summed E-state index contributed by atoms with van der Waals surface area (Å²) in [5.41, 5.74) is 9.57. The minimum atomic E-state index is 0.302. The predicted octanol–water partition coefficient (Wildman–Crippen LogP) is 3.20. The molecule has 4 aliphatic carbocycles. The zero-order chi connectivity index (χ0) is 14.6. The molecule has 5 rings (SSSR count). The van der Waals surface area contributed by atoms with Crippen molar-refractivity contribution in [3.05, 3.63) is 17.5 Å². The molecular weight excluding hydrogens is 258 g/mol. The van der Waals surface area contributed by atoms with Crippen LogP contribution in [-0.4, -0.2) is 15.8 Å². The Morgan fingerprint density at radius 1 is 1.24 bits per heavy atom. The first-order chi connectivity index (χ1) is 10.0. The Bertz CT molecular complexity index is 495. The summed E-state index contributed by atoms with van der Waals surface area (Å²) in [5.74, 6) is 3.09. The number of rotatable bonds is 4. The second-order valence-electron chi connectivity index (χ2n) is 8.49. The van der Waals surface area contributed by atoms with E-state index < -0.39 is 0 Å². The van der Waals surface area contributed by atoms with Gasteiger partial charge in [0.2, 0.25) is 0 Å². The van der Waals surface area contributed by atoms with E-state index in [2.05, 4.69) is 18.1 Å². The summed E-state index contributed by atoms with van der Waals surface area (Å²) in [6, 6.07) is 2.50. The molecule has 21 heavy (non-hydrogen) atoms. The van der Waals surface area contributed by atoms with Gasteiger partial charge in [-0.1, -0.05) is 0 Å². The van der Waals surface area contributed by atoms with Crippen molar-refractivity contribution in [2.75, 3.05) is 0 Å². The van der Waals surface area contributed by atoms with Crippen molar-refractivity contribution in [3.8, 4) is 0 Å². The smallest absolute Gasteiger partial charge is 0.0596 e. The molecule has 4 aliphatic rings. The van der Waals surface area contributed by atoms with E-state index in [1.165, 1.54) is 50.6 Å². The lowest BCUT2D eigenvalue weighted by Crippen LogP contribution is -2.48. The number of aryl methyl sites for hydroxylation is 2.